The lowest BCUT2D eigenvalue weighted by molar-refractivity contribution is -0.140. The molecule has 1 aromatic rings. The SMILES string of the molecule is CC(=O)C[C@@H](C=O)NC(=O)CN1C(=O)[C@@H](NC(=O)[C@H](CC(=O)O)NC(C)=O)CN(C(=O)CO)c2ccccc21. The van der Waals surface area contributed by atoms with Gasteiger partial charge in [-0.1, -0.05) is 12.1 Å². The van der Waals surface area contributed by atoms with Gasteiger partial charge < -0.3 is 35.9 Å². The number of fused-ring (bicyclic) bond motifs is 1. The van der Waals surface area contributed by atoms with E-state index in [4.69, 9.17) is 5.11 Å². The van der Waals surface area contributed by atoms with Crippen molar-refractivity contribution in [3.63, 3.8) is 0 Å². The van der Waals surface area contributed by atoms with Crippen molar-refractivity contribution in [2.24, 2.45) is 0 Å². The van der Waals surface area contributed by atoms with E-state index in [0.29, 0.717) is 6.29 Å². The van der Waals surface area contributed by atoms with E-state index in [-0.39, 0.29) is 23.6 Å². The van der Waals surface area contributed by atoms with Gasteiger partial charge >= 0.3 is 5.97 Å². The third-order valence-electron chi connectivity index (χ3n) is 5.54. The van der Waals surface area contributed by atoms with Crippen molar-refractivity contribution >= 4 is 58.9 Å². The molecular weight excluding hydrogens is 518 g/mol. The molecule has 0 aromatic heterocycles. The van der Waals surface area contributed by atoms with Crippen LogP contribution in [0.25, 0.3) is 0 Å². The second-order valence-electron chi connectivity index (χ2n) is 8.70. The number of rotatable bonds is 12. The molecule has 1 aliphatic rings. The molecule has 39 heavy (non-hydrogen) atoms. The molecular formula is C24H29N5O10. The van der Waals surface area contributed by atoms with Crippen LogP contribution < -0.4 is 25.8 Å². The molecule has 0 radical (unpaired) electrons. The molecule has 0 fully saturated rings. The average Bonchev–Trinajstić information content (AvgIpc) is 2.97. The van der Waals surface area contributed by atoms with Gasteiger partial charge in [0, 0.05) is 13.3 Å². The molecule has 1 heterocycles. The van der Waals surface area contributed by atoms with Gasteiger partial charge in [-0.05, 0) is 19.1 Å². The van der Waals surface area contributed by atoms with Crippen LogP contribution in [-0.2, 0) is 38.4 Å². The lowest BCUT2D eigenvalue weighted by atomic mass is 10.1. The van der Waals surface area contributed by atoms with Gasteiger partial charge in [0.15, 0.2) is 0 Å². The molecule has 0 saturated heterocycles. The van der Waals surface area contributed by atoms with Crippen LogP contribution in [0.1, 0.15) is 26.7 Å². The number of para-hydroxylation sites is 2. The zero-order valence-corrected chi connectivity index (χ0v) is 21.2. The van der Waals surface area contributed by atoms with Gasteiger partial charge in [0.1, 0.15) is 37.3 Å². The van der Waals surface area contributed by atoms with Crippen LogP contribution in [0.15, 0.2) is 24.3 Å². The Morgan fingerprint density at radius 1 is 1.05 bits per heavy atom. The number of carbonyl (C=O) groups is 8. The molecule has 5 amide bonds. The fraction of sp³-hybridized carbons (Fsp3) is 0.417. The highest BCUT2D eigenvalue weighted by Crippen LogP contribution is 2.32. The maximum atomic E-state index is 13.6. The third kappa shape index (κ3) is 8.43. The molecule has 2 rings (SSSR count). The summed E-state index contributed by atoms with van der Waals surface area (Å²) in [5.41, 5.74) is 0.184. The van der Waals surface area contributed by atoms with Crippen LogP contribution in [0, 0.1) is 0 Å². The number of anilines is 2. The molecule has 0 spiro atoms. The Bertz CT molecular complexity index is 1150. The van der Waals surface area contributed by atoms with Crippen molar-refractivity contribution in [1.82, 2.24) is 16.0 Å². The van der Waals surface area contributed by atoms with Crippen LogP contribution in [0.2, 0.25) is 0 Å². The number of aliphatic hydroxyl groups excluding tert-OH is 1. The van der Waals surface area contributed by atoms with Gasteiger partial charge in [0.25, 0.3) is 11.8 Å². The molecule has 5 N–H and O–H groups in total. The van der Waals surface area contributed by atoms with Gasteiger partial charge in [-0.2, -0.15) is 0 Å². The maximum Gasteiger partial charge on any atom is 0.305 e. The average molecular weight is 548 g/mol. The Morgan fingerprint density at radius 3 is 2.23 bits per heavy atom. The number of aliphatic hydroxyl groups is 1. The first-order valence-corrected chi connectivity index (χ1v) is 11.7. The number of Topliss-reactive ketones (excluding diaryl/α,β-unsaturated/α-hetero) is 1. The number of carbonyl (C=O) groups excluding carboxylic acids is 7. The summed E-state index contributed by atoms with van der Waals surface area (Å²) in [6, 6.07) is 1.66. The molecule has 0 saturated carbocycles. The van der Waals surface area contributed by atoms with Crippen molar-refractivity contribution < 1.29 is 48.6 Å². The fourth-order valence-corrected chi connectivity index (χ4v) is 3.92. The molecule has 15 heteroatoms. The number of nitrogens with zero attached hydrogens (tertiary/aromatic N) is 2. The fourth-order valence-electron chi connectivity index (χ4n) is 3.92. The number of hydrogen-bond acceptors (Lipinski definition) is 9. The van der Waals surface area contributed by atoms with E-state index in [1.807, 2.05) is 0 Å². The second kappa shape index (κ2) is 13.8. The first kappa shape index (κ1) is 30.6. The minimum Gasteiger partial charge on any atom is -0.481 e. The number of ketones is 1. The molecule has 15 nitrogen and oxygen atoms in total. The summed E-state index contributed by atoms with van der Waals surface area (Å²) in [5, 5.41) is 25.5. The quantitative estimate of drug-likeness (QED) is 0.173. The number of benzene rings is 1. The van der Waals surface area contributed by atoms with Crippen molar-refractivity contribution in [3.05, 3.63) is 24.3 Å². The zero-order chi connectivity index (χ0) is 29.3. The van der Waals surface area contributed by atoms with E-state index >= 15 is 0 Å². The van der Waals surface area contributed by atoms with E-state index < -0.39 is 79.7 Å². The first-order valence-electron chi connectivity index (χ1n) is 11.7. The Morgan fingerprint density at radius 2 is 1.69 bits per heavy atom. The maximum absolute atomic E-state index is 13.6. The Labute approximate surface area is 222 Å². The Balaban J connectivity index is 2.47. The minimum absolute atomic E-state index is 0.0642. The number of aldehydes is 1. The summed E-state index contributed by atoms with van der Waals surface area (Å²) in [7, 11) is 0. The number of hydrogen-bond donors (Lipinski definition) is 5. The summed E-state index contributed by atoms with van der Waals surface area (Å²) in [5.74, 6) is -6.07. The smallest absolute Gasteiger partial charge is 0.305 e. The predicted octanol–water partition coefficient (Wildman–Crippen LogP) is -2.51. The van der Waals surface area contributed by atoms with Crippen molar-refractivity contribution in [1.29, 1.82) is 0 Å². The summed E-state index contributed by atoms with van der Waals surface area (Å²) in [6.45, 7) is 0.158. The summed E-state index contributed by atoms with van der Waals surface area (Å²) in [4.78, 5) is 99.3. The molecule has 3 atom stereocenters. The zero-order valence-electron chi connectivity index (χ0n) is 21.2. The van der Waals surface area contributed by atoms with Crippen LogP contribution in [0.3, 0.4) is 0 Å². The van der Waals surface area contributed by atoms with Crippen LogP contribution in [0.5, 0.6) is 0 Å². The lowest BCUT2D eigenvalue weighted by Crippen LogP contribution is -2.58. The van der Waals surface area contributed by atoms with Crippen LogP contribution >= 0.6 is 0 Å². The summed E-state index contributed by atoms with van der Waals surface area (Å²) in [6.07, 6.45) is -0.709. The van der Waals surface area contributed by atoms with E-state index in [9.17, 15) is 43.5 Å². The third-order valence-corrected chi connectivity index (χ3v) is 5.54. The van der Waals surface area contributed by atoms with Gasteiger partial charge in [-0.15, -0.1) is 0 Å². The van der Waals surface area contributed by atoms with Gasteiger partial charge in [-0.25, -0.2) is 0 Å². The van der Waals surface area contributed by atoms with Crippen molar-refractivity contribution in [2.45, 2.75) is 44.8 Å². The highest BCUT2D eigenvalue weighted by Gasteiger charge is 2.38. The number of amides is 5. The largest absolute Gasteiger partial charge is 0.481 e. The molecule has 0 bridgehead atoms. The van der Waals surface area contributed by atoms with Crippen LogP contribution in [0.4, 0.5) is 11.4 Å². The van der Waals surface area contributed by atoms with Crippen molar-refractivity contribution in [2.75, 3.05) is 29.5 Å². The Hall–Kier alpha value is -4.66. The second-order valence-corrected chi connectivity index (χ2v) is 8.70. The molecule has 1 aromatic carbocycles. The van der Waals surface area contributed by atoms with Gasteiger partial charge in [-0.3, -0.25) is 38.5 Å². The Kier molecular flexibility index (Phi) is 10.8. The van der Waals surface area contributed by atoms with Gasteiger partial charge in [0.05, 0.1) is 30.4 Å². The number of carboxylic acids is 1. The predicted molar refractivity (Wildman–Crippen MR) is 133 cm³/mol. The van der Waals surface area contributed by atoms with E-state index in [2.05, 4.69) is 16.0 Å². The minimum atomic E-state index is -1.56. The molecule has 0 unspecified atom stereocenters. The topological polar surface area (TPSA) is 220 Å². The summed E-state index contributed by atoms with van der Waals surface area (Å²) < 4.78 is 0. The normalized spacial score (nSPS) is 16.2. The van der Waals surface area contributed by atoms with Gasteiger partial charge in [0.2, 0.25) is 17.7 Å². The van der Waals surface area contributed by atoms with E-state index in [0.717, 1.165) is 16.7 Å². The first-order chi connectivity index (χ1) is 18.4. The number of nitrogens with one attached hydrogen (secondary N) is 3. The summed E-state index contributed by atoms with van der Waals surface area (Å²) >= 11 is 0. The van der Waals surface area contributed by atoms with Crippen molar-refractivity contribution in [3.8, 4) is 0 Å². The monoisotopic (exact) mass is 547 g/mol. The highest BCUT2D eigenvalue weighted by atomic mass is 16.4. The molecule has 0 aliphatic carbocycles. The highest BCUT2D eigenvalue weighted by molar-refractivity contribution is 6.10. The van der Waals surface area contributed by atoms with E-state index in [1.54, 1.807) is 0 Å². The van der Waals surface area contributed by atoms with E-state index in [1.165, 1.54) is 31.2 Å². The number of carboxylic acid groups (broad SMARTS) is 1. The molecule has 1 aliphatic heterocycles. The standard InChI is InChI=1S/C24H29N5O10/c1-13(32)7-15(11-30)26-20(34)10-29-19-6-4-3-5-18(19)28(21(35)12-31)9-17(24(29)39)27-23(38)16(8-22(36)37)25-14(2)33/h3-6,11,15-17,31H,7-10,12H2,1-2H3,(H,25,33)(H,26,34)(H,27,38)(H,36,37)/t15-,16-,17-/m0/s1. The number of aliphatic carboxylic acids is 1. The molecule has 210 valence electrons. The van der Waals surface area contributed by atoms with Crippen LogP contribution in [-0.4, -0.2) is 95.6 Å². The lowest BCUT2D eigenvalue weighted by Gasteiger charge is -2.26.